The minimum Gasteiger partial charge on any atom is -0.321 e. The number of benzene rings is 1. The number of rotatable bonds is 3. The molecule has 1 rings (SSSR count). The Bertz CT molecular complexity index is 382. The van der Waals surface area contributed by atoms with E-state index in [9.17, 15) is 10.1 Å². The van der Waals surface area contributed by atoms with Crippen molar-refractivity contribution in [3.05, 3.63) is 51.6 Å². The van der Waals surface area contributed by atoms with Gasteiger partial charge in [-0.05, 0) is 11.6 Å². The van der Waals surface area contributed by atoms with Crippen LogP contribution in [0.5, 0.6) is 0 Å². The number of non-ortho nitro benzene ring substituents is 1. The topological polar surface area (TPSA) is 69.2 Å². The molecule has 6 heteroatoms. The van der Waals surface area contributed by atoms with Crippen LogP contribution in [0.15, 0.2) is 30.9 Å². The van der Waals surface area contributed by atoms with Crippen LogP contribution >= 0.6 is 24.0 Å². The molecule has 0 spiro atoms. The highest BCUT2D eigenvalue weighted by Crippen LogP contribution is 2.26. The molecule has 0 radical (unpaired) electrons. The zero-order valence-corrected chi connectivity index (χ0v) is 9.29. The zero-order chi connectivity index (χ0) is 10.7. The second-order valence-corrected chi connectivity index (χ2v) is 3.13. The number of hydrogen-bond donors (Lipinski definition) is 1. The highest BCUT2D eigenvalue weighted by molar-refractivity contribution is 6.31. The fourth-order valence-corrected chi connectivity index (χ4v) is 1.27. The van der Waals surface area contributed by atoms with Crippen LogP contribution in [0.3, 0.4) is 0 Å². The van der Waals surface area contributed by atoms with Gasteiger partial charge in [0, 0.05) is 23.2 Å². The number of nitro groups is 1. The third-order valence-electron chi connectivity index (χ3n) is 1.80. The van der Waals surface area contributed by atoms with E-state index in [-0.39, 0.29) is 18.1 Å². The molecule has 2 N–H and O–H groups in total. The molecular formula is C9H10Cl2N2O2. The smallest absolute Gasteiger partial charge is 0.269 e. The minimum absolute atomic E-state index is 0. The predicted molar refractivity (Wildman–Crippen MR) is 62.5 cm³/mol. The summed E-state index contributed by atoms with van der Waals surface area (Å²) in [5.41, 5.74) is 6.12. The Labute approximate surface area is 98.3 Å². The third kappa shape index (κ3) is 3.20. The van der Waals surface area contributed by atoms with E-state index < -0.39 is 11.0 Å². The number of hydrogen-bond acceptors (Lipinski definition) is 3. The van der Waals surface area contributed by atoms with E-state index in [1.165, 1.54) is 24.3 Å². The maximum Gasteiger partial charge on any atom is 0.269 e. The lowest BCUT2D eigenvalue weighted by Gasteiger charge is -2.07. The normalized spacial score (nSPS) is 11.3. The molecule has 0 saturated heterocycles. The monoisotopic (exact) mass is 248 g/mol. The van der Waals surface area contributed by atoms with E-state index >= 15 is 0 Å². The molecule has 0 aliphatic carbocycles. The van der Waals surface area contributed by atoms with Crippen LogP contribution in [0.4, 0.5) is 5.69 Å². The first-order valence-electron chi connectivity index (χ1n) is 3.88. The van der Waals surface area contributed by atoms with Crippen LogP contribution in [0.25, 0.3) is 0 Å². The van der Waals surface area contributed by atoms with Gasteiger partial charge in [-0.2, -0.15) is 0 Å². The lowest BCUT2D eigenvalue weighted by atomic mass is 10.1. The number of nitrogens with two attached hydrogens (primary N) is 1. The predicted octanol–water partition coefficient (Wildman–Crippen LogP) is 2.86. The second-order valence-electron chi connectivity index (χ2n) is 2.72. The van der Waals surface area contributed by atoms with Gasteiger partial charge < -0.3 is 5.73 Å². The lowest BCUT2D eigenvalue weighted by molar-refractivity contribution is -0.384. The molecule has 0 heterocycles. The van der Waals surface area contributed by atoms with Crippen molar-refractivity contribution in [3.63, 3.8) is 0 Å². The fourth-order valence-electron chi connectivity index (χ4n) is 1.03. The molecule has 0 amide bonds. The Morgan fingerprint density at radius 2 is 2.20 bits per heavy atom. The van der Waals surface area contributed by atoms with Gasteiger partial charge in [-0.3, -0.25) is 10.1 Å². The van der Waals surface area contributed by atoms with Crippen molar-refractivity contribution in [1.29, 1.82) is 0 Å². The first-order chi connectivity index (χ1) is 6.56. The Hall–Kier alpha value is -1.10. The van der Waals surface area contributed by atoms with Gasteiger partial charge >= 0.3 is 0 Å². The quantitative estimate of drug-likeness (QED) is 0.508. The van der Waals surface area contributed by atoms with Gasteiger partial charge in [0.2, 0.25) is 0 Å². The van der Waals surface area contributed by atoms with Crippen LogP contribution in [0.1, 0.15) is 11.6 Å². The van der Waals surface area contributed by atoms with Gasteiger partial charge in [-0.15, -0.1) is 19.0 Å². The van der Waals surface area contributed by atoms with Crippen LogP contribution in [0.2, 0.25) is 5.02 Å². The Morgan fingerprint density at radius 1 is 1.60 bits per heavy atom. The van der Waals surface area contributed by atoms with Gasteiger partial charge in [-0.25, -0.2) is 0 Å². The Balaban J connectivity index is 0.00000196. The van der Waals surface area contributed by atoms with Crippen molar-refractivity contribution in [2.75, 3.05) is 0 Å². The van der Waals surface area contributed by atoms with Crippen LogP contribution in [0, 0.1) is 10.1 Å². The summed E-state index contributed by atoms with van der Waals surface area (Å²) in [6.45, 7) is 3.50. The van der Waals surface area contributed by atoms with E-state index in [0.717, 1.165) is 0 Å². The molecule has 82 valence electrons. The first-order valence-corrected chi connectivity index (χ1v) is 4.26. The largest absolute Gasteiger partial charge is 0.321 e. The summed E-state index contributed by atoms with van der Waals surface area (Å²) in [4.78, 5) is 9.98. The third-order valence-corrected chi connectivity index (χ3v) is 2.15. The molecule has 0 bridgehead atoms. The minimum atomic E-state index is -0.490. The molecule has 0 saturated carbocycles. The molecule has 0 aromatic heterocycles. The Morgan fingerprint density at radius 3 is 2.67 bits per heavy atom. The Kier molecular flexibility index (Phi) is 5.28. The number of nitro benzene ring substituents is 1. The van der Waals surface area contributed by atoms with Crippen molar-refractivity contribution in [1.82, 2.24) is 0 Å². The summed E-state index contributed by atoms with van der Waals surface area (Å²) in [5, 5.41) is 10.9. The SMILES string of the molecule is C=C[C@H](N)c1cc([N+](=O)[O-])ccc1Cl.Cl. The number of halogens is 2. The average molecular weight is 249 g/mol. The fraction of sp³-hybridized carbons (Fsp3) is 0.111. The van der Waals surface area contributed by atoms with Crippen LogP contribution in [-0.4, -0.2) is 4.92 Å². The number of nitrogens with zero attached hydrogens (tertiary/aromatic N) is 1. The maximum atomic E-state index is 10.5. The molecule has 15 heavy (non-hydrogen) atoms. The first kappa shape index (κ1) is 13.9. The van der Waals surface area contributed by atoms with Crippen LogP contribution < -0.4 is 5.73 Å². The van der Waals surface area contributed by atoms with E-state index in [4.69, 9.17) is 17.3 Å². The van der Waals surface area contributed by atoms with Crippen molar-refractivity contribution in [2.24, 2.45) is 5.73 Å². The highest BCUT2D eigenvalue weighted by Gasteiger charge is 2.12. The maximum absolute atomic E-state index is 10.5. The summed E-state index contributed by atoms with van der Waals surface area (Å²) in [6, 6.07) is 3.66. The van der Waals surface area contributed by atoms with Crippen LogP contribution in [-0.2, 0) is 0 Å². The molecule has 0 aliphatic heterocycles. The molecule has 1 atom stereocenters. The summed E-state index contributed by atoms with van der Waals surface area (Å²) in [7, 11) is 0. The van der Waals surface area contributed by atoms with Crippen molar-refractivity contribution < 1.29 is 4.92 Å². The highest BCUT2D eigenvalue weighted by atomic mass is 35.5. The molecule has 0 fully saturated rings. The summed E-state index contributed by atoms with van der Waals surface area (Å²) < 4.78 is 0. The molecule has 0 aliphatic rings. The molecular weight excluding hydrogens is 239 g/mol. The van der Waals surface area contributed by atoms with Gasteiger partial charge in [-0.1, -0.05) is 17.7 Å². The van der Waals surface area contributed by atoms with Gasteiger partial charge in [0.05, 0.1) is 4.92 Å². The van der Waals surface area contributed by atoms with E-state index in [2.05, 4.69) is 6.58 Å². The molecule has 4 nitrogen and oxygen atoms in total. The van der Waals surface area contributed by atoms with Crippen molar-refractivity contribution >= 4 is 29.7 Å². The summed E-state index contributed by atoms with van der Waals surface area (Å²) in [5.74, 6) is 0. The van der Waals surface area contributed by atoms with Gasteiger partial charge in [0.25, 0.3) is 5.69 Å². The van der Waals surface area contributed by atoms with E-state index in [1.54, 1.807) is 0 Å². The molecule has 1 aromatic carbocycles. The molecule has 0 unspecified atom stereocenters. The van der Waals surface area contributed by atoms with E-state index in [0.29, 0.717) is 10.6 Å². The molecule has 1 aromatic rings. The summed E-state index contributed by atoms with van der Waals surface area (Å²) in [6.07, 6.45) is 1.48. The van der Waals surface area contributed by atoms with Crippen molar-refractivity contribution in [3.8, 4) is 0 Å². The standard InChI is InChI=1S/C9H9ClN2O2.ClH/c1-2-9(11)7-5-6(12(13)14)3-4-8(7)10;/h2-5,9H,1,11H2;1H/t9-;/m0./s1. The van der Waals surface area contributed by atoms with Gasteiger partial charge in [0.15, 0.2) is 0 Å². The van der Waals surface area contributed by atoms with Gasteiger partial charge in [0.1, 0.15) is 0 Å². The summed E-state index contributed by atoms with van der Waals surface area (Å²) >= 11 is 5.82. The zero-order valence-electron chi connectivity index (χ0n) is 7.72. The lowest BCUT2D eigenvalue weighted by Crippen LogP contribution is -2.07. The average Bonchev–Trinajstić information content (AvgIpc) is 2.17. The van der Waals surface area contributed by atoms with E-state index in [1.807, 2.05) is 0 Å². The van der Waals surface area contributed by atoms with Crippen molar-refractivity contribution in [2.45, 2.75) is 6.04 Å². The second kappa shape index (κ2) is 5.70.